The van der Waals surface area contributed by atoms with Gasteiger partial charge in [0.15, 0.2) is 0 Å². The van der Waals surface area contributed by atoms with Gasteiger partial charge in [-0.1, -0.05) is 62.9 Å². The Kier molecular flexibility index (Phi) is 6.68. The van der Waals surface area contributed by atoms with Gasteiger partial charge in [-0.3, -0.25) is 4.79 Å². The molecule has 6 nitrogen and oxygen atoms in total. The van der Waals surface area contributed by atoms with Crippen molar-refractivity contribution >= 4 is 34.0 Å². The van der Waals surface area contributed by atoms with E-state index in [-0.39, 0.29) is 17.1 Å². The highest BCUT2D eigenvalue weighted by atomic mass is 32.2. The predicted octanol–water partition coefficient (Wildman–Crippen LogP) is 5.48. The molecule has 0 unspecified atom stereocenters. The van der Waals surface area contributed by atoms with Gasteiger partial charge in [-0.05, 0) is 41.7 Å². The lowest BCUT2D eigenvalue weighted by molar-refractivity contribution is -0.113. The number of hydrogen-bond donors (Lipinski definition) is 1. The van der Waals surface area contributed by atoms with Crippen LogP contribution in [-0.4, -0.2) is 21.9 Å². The minimum absolute atomic E-state index is 0.144. The van der Waals surface area contributed by atoms with Crippen molar-refractivity contribution in [2.75, 3.05) is 11.1 Å². The highest BCUT2D eigenvalue weighted by Gasteiger charge is 2.32. The van der Waals surface area contributed by atoms with Gasteiger partial charge in [-0.15, -0.1) is 21.5 Å². The topological polar surface area (TPSA) is 91.8 Å². The summed E-state index contributed by atoms with van der Waals surface area (Å²) in [5.41, 5.74) is 3.06. The van der Waals surface area contributed by atoms with Crippen LogP contribution in [0.4, 0.5) is 5.00 Å². The molecule has 1 atom stereocenters. The molecule has 8 heteroatoms. The van der Waals surface area contributed by atoms with E-state index in [1.165, 1.54) is 16.6 Å². The van der Waals surface area contributed by atoms with Crippen molar-refractivity contribution in [3.63, 3.8) is 0 Å². The Morgan fingerprint density at radius 2 is 2.09 bits per heavy atom. The standard InChI is InChI=1S/C24H26N4O2S2/c1-24(2,3)16-9-10-17-18(13-25)22(32-19(17)12-16)26-20(29)14-31-23-28-27-21(30-23)11-15-7-5-4-6-8-15/h4-8,16H,9-12,14H2,1-3H3,(H,26,29)/t16-/m1/s1. The van der Waals surface area contributed by atoms with Crippen LogP contribution in [0.25, 0.3) is 0 Å². The molecule has 1 aliphatic carbocycles. The van der Waals surface area contributed by atoms with Crippen molar-refractivity contribution in [1.29, 1.82) is 5.26 Å². The first-order chi connectivity index (χ1) is 15.3. The Morgan fingerprint density at radius 1 is 1.31 bits per heavy atom. The molecule has 1 aromatic carbocycles. The minimum Gasteiger partial charge on any atom is -0.416 e. The van der Waals surface area contributed by atoms with Crippen LogP contribution in [0, 0.1) is 22.7 Å². The highest BCUT2D eigenvalue weighted by Crippen LogP contribution is 2.44. The maximum Gasteiger partial charge on any atom is 0.277 e. The molecule has 1 aliphatic rings. The Balaban J connectivity index is 1.36. The van der Waals surface area contributed by atoms with Crippen molar-refractivity contribution in [3.8, 4) is 6.07 Å². The van der Waals surface area contributed by atoms with Gasteiger partial charge in [0.25, 0.3) is 5.22 Å². The second kappa shape index (κ2) is 9.47. The van der Waals surface area contributed by atoms with E-state index in [9.17, 15) is 10.1 Å². The number of anilines is 1. The first-order valence-corrected chi connectivity index (χ1v) is 12.5. The number of nitrogens with zero attached hydrogens (tertiary/aromatic N) is 3. The fraction of sp³-hybridized carbons (Fsp3) is 0.417. The van der Waals surface area contributed by atoms with Crippen molar-refractivity contribution in [3.05, 3.63) is 57.8 Å². The van der Waals surface area contributed by atoms with Gasteiger partial charge in [0, 0.05) is 4.88 Å². The van der Waals surface area contributed by atoms with E-state index in [4.69, 9.17) is 4.42 Å². The van der Waals surface area contributed by atoms with E-state index in [1.807, 2.05) is 30.3 Å². The number of aromatic nitrogens is 2. The van der Waals surface area contributed by atoms with Gasteiger partial charge in [0.05, 0.1) is 17.7 Å². The maximum absolute atomic E-state index is 12.6. The molecule has 166 valence electrons. The number of rotatable bonds is 6. The van der Waals surface area contributed by atoms with Gasteiger partial charge in [-0.2, -0.15) is 5.26 Å². The molecule has 3 aromatic rings. The summed E-state index contributed by atoms with van der Waals surface area (Å²) in [6.07, 6.45) is 3.50. The third-order valence-corrected chi connectivity index (χ3v) is 7.82. The fourth-order valence-electron chi connectivity index (χ4n) is 3.96. The van der Waals surface area contributed by atoms with Crippen LogP contribution in [0.1, 0.15) is 54.7 Å². The molecule has 0 aliphatic heterocycles. The van der Waals surface area contributed by atoms with Gasteiger partial charge >= 0.3 is 0 Å². The number of amides is 1. The van der Waals surface area contributed by atoms with Crippen LogP contribution >= 0.6 is 23.1 Å². The largest absolute Gasteiger partial charge is 0.416 e. The number of carbonyl (C=O) groups excluding carboxylic acids is 1. The lowest BCUT2D eigenvalue weighted by Crippen LogP contribution is -2.26. The quantitative estimate of drug-likeness (QED) is 0.484. The lowest BCUT2D eigenvalue weighted by Gasteiger charge is -2.33. The number of benzene rings is 1. The smallest absolute Gasteiger partial charge is 0.277 e. The van der Waals surface area contributed by atoms with Gasteiger partial charge < -0.3 is 9.73 Å². The first kappa shape index (κ1) is 22.6. The first-order valence-electron chi connectivity index (χ1n) is 10.7. The van der Waals surface area contributed by atoms with Crippen LogP contribution in [-0.2, 0) is 24.1 Å². The van der Waals surface area contributed by atoms with Crippen LogP contribution in [0.2, 0.25) is 0 Å². The van der Waals surface area contributed by atoms with E-state index in [2.05, 4.69) is 42.4 Å². The molecule has 0 bridgehead atoms. The monoisotopic (exact) mass is 466 g/mol. The average molecular weight is 467 g/mol. The maximum atomic E-state index is 12.6. The van der Waals surface area contributed by atoms with E-state index in [1.54, 1.807) is 11.3 Å². The summed E-state index contributed by atoms with van der Waals surface area (Å²) in [7, 11) is 0. The van der Waals surface area contributed by atoms with Gasteiger partial charge in [0.2, 0.25) is 11.8 Å². The fourth-order valence-corrected chi connectivity index (χ4v) is 5.83. The summed E-state index contributed by atoms with van der Waals surface area (Å²) in [4.78, 5) is 13.8. The summed E-state index contributed by atoms with van der Waals surface area (Å²) in [6.45, 7) is 6.80. The molecular weight excluding hydrogens is 440 g/mol. The number of thiophene rings is 1. The second-order valence-corrected chi connectivity index (χ2v) is 11.1. The Morgan fingerprint density at radius 3 is 2.81 bits per heavy atom. The Hall–Kier alpha value is -2.63. The van der Waals surface area contributed by atoms with Gasteiger partial charge in [-0.25, -0.2) is 0 Å². The minimum atomic E-state index is -0.180. The molecule has 0 fully saturated rings. The molecule has 0 saturated carbocycles. The van der Waals surface area contributed by atoms with Crippen LogP contribution in [0.5, 0.6) is 0 Å². The summed E-state index contributed by atoms with van der Waals surface area (Å²) in [6, 6.07) is 12.2. The van der Waals surface area contributed by atoms with Crippen molar-refractivity contribution in [2.24, 2.45) is 11.3 Å². The molecule has 0 spiro atoms. The summed E-state index contributed by atoms with van der Waals surface area (Å²) < 4.78 is 5.65. The van der Waals surface area contributed by atoms with Crippen molar-refractivity contribution in [1.82, 2.24) is 10.2 Å². The molecule has 1 N–H and O–H groups in total. The molecule has 32 heavy (non-hydrogen) atoms. The molecule has 4 rings (SSSR count). The molecule has 0 saturated heterocycles. The van der Waals surface area contributed by atoms with Crippen LogP contribution in [0.3, 0.4) is 0 Å². The molecule has 0 radical (unpaired) electrons. The highest BCUT2D eigenvalue weighted by molar-refractivity contribution is 7.99. The Labute approximate surface area is 196 Å². The van der Waals surface area contributed by atoms with Crippen molar-refractivity contribution in [2.45, 2.75) is 51.7 Å². The number of thioether (sulfide) groups is 1. The Bertz CT molecular complexity index is 1140. The van der Waals surface area contributed by atoms with Crippen LogP contribution in [0.15, 0.2) is 40.0 Å². The van der Waals surface area contributed by atoms with Gasteiger partial charge in [0.1, 0.15) is 11.1 Å². The number of hydrogen-bond acceptors (Lipinski definition) is 7. The molecule has 2 aromatic heterocycles. The third-order valence-electron chi connectivity index (χ3n) is 5.83. The zero-order valence-corrected chi connectivity index (χ0v) is 20.1. The predicted molar refractivity (Wildman–Crippen MR) is 127 cm³/mol. The van der Waals surface area contributed by atoms with Crippen LogP contribution < -0.4 is 5.32 Å². The van der Waals surface area contributed by atoms with E-state index in [0.29, 0.717) is 34.0 Å². The summed E-state index contributed by atoms with van der Waals surface area (Å²) in [5.74, 6) is 1.07. The zero-order chi connectivity index (χ0) is 22.7. The number of fused-ring (bicyclic) bond motifs is 1. The third kappa shape index (κ3) is 5.22. The average Bonchev–Trinajstić information content (AvgIpc) is 3.35. The number of carbonyl (C=O) groups is 1. The SMILES string of the molecule is CC(C)(C)[C@@H]1CCc2c(sc(NC(=O)CSc3nnc(Cc4ccccc4)o3)c2C#N)C1. The summed E-state index contributed by atoms with van der Waals surface area (Å²) >= 11 is 2.75. The molecule has 2 heterocycles. The molecule has 1 amide bonds. The molecular formula is C24H26N4O2S2. The number of nitrogens with one attached hydrogen (secondary N) is 1. The summed E-state index contributed by atoms with van der Waals surface area (Å²) in [5, 5.41) is 21.7. The van der Waals surface area contributed by atoms with Crippen molar-refractivity contribution < 1.29 is 9.21 Å². The van der Waals surface area contributed by atoms with E-state index in [0.717, 1.165) is 30.4 Å². The van der Waals surface area contributed by atoms with E-state index >= 15 is 0 Å². The zero-order valence-electron chi connectivity index (χ0n) is 18.5. The normalized spacial score (nSPS) is 15.8. The lowest BCUT2D eigenvalue weighted by atomic mass is 9.72. The van der Waals surface area contributed by atoms with E-state index < -0.39 is 0 Å². The second-order valence-electron chi connectivity index (χ2n) is 9.09. The number of nitriles is 1.